The van der Waals surface area contributed by atoms with Gasteiger partial charge in [0.05, 0.1) is 11.1 Å². The lowest BCUT2D eigenvalue weighted by Crippen LogP contribution is -2.40. The Morgan fingerprint density at radius 2 is 1.62 bits per heavy atom. The topological polar surface area (TPSA) is 84.9 Å². The van der Waals surface area contributed by atoms with Crippen LogP contribution < -0.4 is 14.8 Å². The monoisotopic (exact) mass is 394 g/mol. The number of nitrogens with zero attached hydrogens (tertiary/aromatic N) is 1. The van der Waals surface area contributed by atoms with Crippen molar-refractivity contribution in [1.29, 1.82) is 0 Å². The Bertz CT molecular complexity index is 921. The molecule has 2 aromatic rings. The van der Waals surface area contributed by atoms with Gasteiger partial charge in [-0.25, -0.2) is 0 Å². The Labute approximate surface area is 168 Å². The molecule has 29 heavy (non-hydrogen) atoms. The van der Waals surface area contributed by atoms with Crippen molar-refractivity contribution >= 4 is 17.7 Å². The van der Waals surface area contributed by atoms with Crippen LogP contribution in [0.3, 0.4) is 0 Å². The summed E-state index contributed by atoms with van der Waals surface area (Å²) in [6.07, 6.45) is 2.56. The Hall–Kier alpha value is -3.35. The number of ether oxygens (including phenoxy) is 2. The zero-order valence-corrected chi connectivity index (χ0v) is 16.0. The molecule has 0 saturated carbocycles. The van der Waals surface area contributed by atoms with Crippen molar-refractivity contribution < 1.29 is 23.9 Å². The summed E-state index contributed by atoms with van der Waals surface area (Å²) in [6.45, 7) is 1.38. The highest BCUT2D eigenvalue weighted by Gasteiger charge is 2.36. The maximum Gasteiger partial charge on any atom is 0.262 e. The molecule has 2 aromatic carbocycles. The minimum absolute atomic E-state index is 0.255. The van der Waals surface area contributed by atoms with Gasteiger partial charge in [-0.3, -0.25) is 19.3 Å². The zero-order chi connectivity index (χ0) is 20.2. The average molecular weight is 394 g/mol. The molecule has 2 aliphatic heterocycles. The van der Waals surface area contributed by atoms with E-state index < -0.39 is 11.8 Å². The van der Waals surface area contributed by atoms with Gasteiger partial charge in [0.1, 0.15) is 19.8 Å². The molecular formula is C22H22N2O5. The maximum atomic E-state index is 12.3. The number of fused-ring (bicyclic) bond motifs is 2. The van der Waals surface area contributed by atoms with Crippen molar-refractivity contribution in [3.05, 3.63) is 59.2 Å². The molecule has 4 rings (SSSR count). The summed E-state index contributed by atoms with van der Waals surface area (Å²) in [7, 11) is 0. The van der Waals surface area contributed by atoms with Crippen molar-refractivity contribution in [3.63, 3.8) is 0 Å². The highest BCUT2D eigenvalue weighted by atomic mass is 16.6. The van der Waals surface area contributed by atoms with E-state index in [1.165, 1.54) is 0 Å². The first kappa shape index (κ1) is 19.0. The minimum atomic E-state index is -0.417. The SMILES string of the molecule is O=C(CN1C(=O)c2ccccc2C1=O)NCCCCc1ccc2c(c1)OCCO2. The first-order valence-electron chi connectivity index (χ1n) is 9.74. The average Bonchev–Trinajstić information content (AvgIpc) is 2.98. The Kier molecular flexibility index (Phi) is 5.46. The van der Waals surface area contributed by atoms with Gasteiger partial charge in [0.2, 0.25) is 5.91 Å². The molecule has 2 aliphatic rings. The molecule has 0 radical (unpaired) electrons. The molecule has 0 spiro atoms. The second kappa shape index (κ2) is 8.34. The normalized spacial score (nSPS) is 14.7. The molecule has 0 atom stereocenters. The van der Waals surface area contributed by atoms with E-state index in [0.29, 0.717) is 30.9 Å². The van der Waals surface area contributed by atoms with Crippen LogP contribution in [-0.4, -0.2) is 48.9 Å². The lowest BCUT2D eigenvalue weighted by atomic mass is 10.1. The smallest absolute Gasteiger partial charge is 0.262 e. The summed E-state index contributed by atoms with van der Waals surface area (Å²) < 4.78 is 11.1. The van der Waals surface area contributed by atoms with Gasteiger partial charge in [0, 0.05) is 6.54 Å². The van der Waals surface area contributed by atoms with Gasteiger partial charge in [-0.05, 0) is 49.1 Å². The predicted molar refractivity (Wildman–Crippen MR) is 105 cm³/mol. The summed E-state index contributed by atoms with van der Waals surface area (Å²) in [5.74, 6) is 0.390. The van der Waals surface area contributed by atoms with Crippen molar-refractivity contribution in [1.82, 2.24) is 10.2 Å². The Morgan fingerprint density at radius 1 is 0.931 bits per heavy atom. The highest BCUT2D eigenvalue weighted by Crippen LogP contribution is 2.31. The van der Waals surface area contributed by atoms with Crippen molar-refractivity contribution in [2.45, 2.75) is 19.3 Å². The third-order valence-corrected chi connectivity index (χ3v) is 5.00. The number of imide groups is 1. The van der Waals surface area contributed by atoms with E-state index >= 15 is 0 Å². The molecule has 0 aliphatic carbocycles. The first-order chi connectivity index (χ1) is 14.1. The van der Waals surface area contributed by atoms with Crippen molar-refractivity contribution in [3.8, 4) is 11.5 Å². The van der Waals surface area contributed by atoms with E-state index in [1.54, 1.807) is 24.3 Å². The quantitative estimate of drug-likeness (QED) is 0.575. The highest BCUT2D eigenvalue weighted by molar-refractivity contribution is 6.22. The van der Waals surface area contributed by atoms with Crippen LogP contribution in [0.2, 0.25) is 0 Å². The largest absolute Gasteiger partial charge is 0.486 e. The van der Waals surface area contributed by atoms with Gasteiger partial charge in [0.25, 0.3) is 11.8 Å². The zero-order valence-electron chi connectivity index (χ0n) is 16.0. The van der Waals surface area contributed by atoms with Crippen LogP contribution in [0.5, 0.6) is 11.5 Å². The Balaban J connectivity index is 1.19. The van der Waals surface area contributed by atoms with Crippen LogP contribution in [0.15, 0.2) is 42.5 Å². The number of amides is 3. The lowest BCUT2D eigenvalue weighted by Gasteiger charge is -2.18. The van der Waals surface area contributed by atoms with E-state index in [1.807, 2.05) is 18.2 Å². The molecule has 150 valence electrons. The molecule has 7 heteroatoms. The molecule has 0 bridgehead atoms. The van der Waals surface area contributed by atoms with Crippen molar-refractivity contribution in [2.24, 2.45) is 0 Å². The minimum Gasteiger partial charge on any atom is -0.486 e. The fraction of sp³-hybridized carbons (Fsp3) is 0.318. The van der Waals surface area contributed by atoms with Crippen LogP contribution in [0.4, 0.5) is 0 Å². The first-order valence-corrected chi connectivity index (χ1v) is 9.74. The second-order valence-electron chi connectivity index (χ2n) is 7.03. The molecule has 3 amide bonds. The van der Waals surface area contributed by atoms with Crippen LogP contribution in [0, 0.1) is 0 Å². The van der Waals surface area contributed by atoms with Gasteiger partial charge in [0.15, 0.2) is 11.5 Å². The summed E-state index contributed by atoms with van der Waals surface area (Å²) >= 11 is 0. The number of rotatable bonds is 7. The van der Waals surface area contributed by atoms with Crippen LogP contribution in [0.25, 0.3) is 0 Å². The number of hydrogen-bond acceptors (Lipinski definition) is 5. The fourth-order valence-electron chi connectivity index (χ4n) is 3.51. The number of aryl methyl sites for hydroxylation is 1. The van der Waals surface area contributed by atoms with E-state index in [9.17, 15) is 14.4 Å². The molecule has 0 aromatic heterocycles. The molecule has 2 heterocycles. The molecule has 0 fully saturated rings. The summed E-state index contributed by atoms with van der Waals surface area (Å²) in [4.78, 5) is 37.7. The number of nitrogens with one attached hydrogen (secondary N) is 1. The standard InChI is InChI=1S/C22H22N2O5/c25-20(14-24-21(26)16-6-1-2-7-17(16)22(24)27)23-10-4-3-5-15-8-9-18-19(13-15)29-12-11-28-18/h1-2,6-9,13H,3-5,10-12,14H2,(H,23,25). The number of carbonyl (C=O) groups is 3. The number of unbranched alkanes of at least 4 members (excludes halogenated alkanes) is 1. The third kappa shape index (κ3) is 4.08. The third-order valence-electron chi connectivity index (χ3n) is 5.00. The van der Waals surface area contributed by atoms with Gasteiger partial charge in [-0.2, -0.15) is 0 Å². The summed E-state index contributed by atoms with van der Waals surface area (Å²) in [6, 6.07) is 12.6. The molecule has 1 N–H and O–H groups in total. The van der Waals surface area contributed by atoms with Gasteiger partial charge in [-0.15, -0.1) is 0 Å². The molecule has 7 nitrogen and oxygen atoms in total. The van der Waals surface area contributed by atoms with E-state index in [4.69, 9.17) is 9.47 Å². The van der Waals surface area contributed by atoms with E-state index in [-0.39, 0.29) is 12.5 Å². The molecular weight excluding hydrogens is 372 g/mol. The molecule has 0 unspecified atom stereocenters. The van der Waals surface area contributed by atoms with Crippen LogP contribution in [-0.2, 0) is 11.2 Å². The van der Waals surface area contributed by atoms with Gasteiger partial charge < -0.3 is 14.8 Å². The fourth-order valence-corrected chi connectivity index (χ4v) is 3.51. The Morgan fingerprint density at radius 3 is 2.34 bits per heavy atom. The van der Waals surface area contributed by atoms with Crippen LogP contribution in [0.1, 0.15) is 39.1 Å². The van der Waals surface area contributed by atoms with Crippen molar-refractivity contribution in [2.75, 3.05) is 26.3 Å². The van der Waals surface area contributed by atoms with Gasteiger partial charge >= 0.3 is 0 Å². The van der Waals surface area contributed by atoms with Gasteiger partial charge in [-0.1, -0.05) is 18.2 Å². The summed E-state index contributed by atoms with van der Waals surface area (Å²) in [5.41, 5.74) is 1.86. The maximum absolute atomic E-state index is 12.3. The van der Waals surface area contributed by atoms with E-state index in [2.05, 4.69) is 5.32 Å². The number of carbonyl (C=O) groups excluding carboxylic acids is 3. The summed E-state index contributed by atoms with van der Waals surface area (Å²) in [5, 5.41) is 2.78. The second-order valence-corrected chi connectivity index (χ2v) is 7.03. The number of hydrogen-bond donors (Lipinski definition) is 1. The lowest BCUT2D eigenvalue weighted by molar-refractivity contribution is -0.121. The predicted octanol–water partition coefficient (Wildman–Crippen LogP) is 2.19. The van der Waals surface area contributed by atoms with E-state index in [0.717, 1.165) is 41.2 Å². The molecule has 0 saturated heterocycles. The van der Waals surface area contributed by atoms with Crippen LogP contribution >= 0.6 is 0 Å². The number of benzene rings is 2.